The van der Waals surface area contributed by atoms with Crippen LogP contribution in [0.15, 0.2) is 35.2 Å². The van der Waals surface area contributed by atoms with Crippen molar-refractivity contribution in [3.05, 3.63) is 30.3 Å². The van der Waals surface area contributed by atoms with Crippen molar-refractivity contribution in [1.82, 2.24) is 13.5 Å². The average Bonchev–Trinajstić information content (AvgIpc) is 2.93. The Morgan fingerprint density at radius 3 is 2.56 bits per heavy atom. The van der Waals surface area contributed by atoms with Gasteiger partial charge in [0.15, 0.2) is 0 Å². The minimum absolute atomic E-state index is 0.0163. The molecule has 0 spiro atoms. The van der Waals surface area contributed by atoms with E-state index in [0.717, 1.165) is 17.7 Å². The highest BCUT2D eigenvalue weighted by Gasteiger charge is 2.41. The summed E-state index contributed by atoms with van der Waals surface area (Å²) in [6.07, 6.45) is 1.87. The van der Waals surface area contributed by atoms with Gasteiger partial charge in [-0.05, 0) is 30.9 Å². The van der Waals surface area contributed by atoms with Gasteiger partial charge in [-0.15, -0.1) is 11.8 Å². The molecule has 0 aliphatic carbocycles. The van der Waals surface area contributed by atoms with Gasteiger partial charge < -0.3 is 4.90 Å². The van der Waals surface area contributed by atoms with Crippen molar-refractivity contribution in [2.75, 3.05) is 39.5 Å². The Morgan fingerprint density at radius 1 is 1.16 bits per heavy atom. The second-order valence-electron chi connectivity index (χ2n) is 6.85. The molecule has 0 N–H and O–H groups in total. The van der Waals surface area contributed by atoms with E-state index in [1.807, 2.05) is 35.2 Å². The molecule has 3 saturated heterocycles. The highest BCUT2D eigenvalue weighted by atomic mass is 32.2. The second-order valence-corrected chi connectivity index (χ2v) is 10.0. The summed E-state index contributed by atoms with van der Waals surface area (Å²) in [7, 11) is -0.316. The molecule has 1 aromatic rings. The third-order valence-corrected chi connectivity index (χ3v) is 7.76. The fourth-order valence-electron chi connectivity index (χ4n) is 3.51. The summed E-state index contributed by atoms with van der Waals surface area (Å²) in [4.78, 5) is 15.7. The molecule has 3 heterocycles. The maximum atomic E-state index is 12.7. The number of fused-ring (bicyclic) bond motifs is 4. The molecule has 6 nitrogen and oxygen atoms in total. The van der Waals surface area contributed by atoms with Crippen molar-refractivity contribution in [2.45, 2.75) is 23.8 Å². The predicted octanol–water partition coefficient (Wildman–Crippen LogP) is 1.51. The van der Waals surface area contributed by atoms with Crippen molar-refractivity contribution in [2.24, 2.45) is 5.92 Å². The quantitative estimate of drug-likeness (QED) is 0.723. The fraction of sp³-hybridized carbons (Fsp3) is 0.588. The monoisotopic (exact) mass is 383 g/mol. The van der Waals surface area contributed by atoms with Crippen molar-refractivity contribution in [3.63, 3.8) is 0 Å². The molecule has 0 unspecified atom stereocenters. The zero-order valence-electron chi connectivity index (χ0n) is 14.7. The Kier molecular flexibility index (Phi) is 5.72. The molecule has 2 bridgehead atoms. The van der Waals surface area contributed by atoms with E-state index in [2.05, 4.69) is 0 Å². The normalized spacial score (nSPS) is 24.5. The Labute approximate surface area is 154 Å². The van der Waals surface area contributed by atoms with Crippen LogP contribution in [0, 0.1) is 5.92 Å². The van der Waals surface area contributed by atoms with Crippen LogP contribution in [0.4, 0.5) is 0 Å². The number of amides is 1. The first-order valence-electron chi connectivity index (χ1n) is 8.53. The van der Waals surface area contributed by atoms with Crippen LogP contribution in [-0.2, 0) is 15.0 Å². The summed E-state index contributed by atoms with van der Waals surface area (Å²) < 4.78 is 27.8. The lowest BCUT2D eigenvalue weighted by Gasteiger charge is -2.36. The van der Waals surface area contributed by atoms with Gasteiger partial charge in [0.1, 0.15) is 0 Å². The Morgan fingerprint density at radius 2 is 1.88 bits per heavy atom. The van der Waals surface area contributed by atoms with Gasteiger partial charge in [0.25, 0.3) is 10.2 Å². The average molecular weight is 384 g/mol. The van der Waals surface area contributed by atoms with Gasteiger partial charge in [-0.2, -0.15) is 17.0 Å². The topological polar surface area (TPSA) is 60.9 Å². The molecule has 1 amide bonds. The molecular weight excluding hydrogens is 358 g/mol. The van der Waals surface area contributed by atoms with E-state index < -0.39 is 10.2 Å². The molecule has 2 atom stereocenters. The van der Waals surface area contributed by atoms with E-state index in [1.165, 1.54) is 16.1 Å². The zero-order chi connectivity index (χ0) is 18.0. The smallest absolute Gasteiger partial charge is 0.281 e. The van der Waals surface area contributed by atoms with E-state index in [0.29, 0.717) is 25.4 Å². The molecule has 3 aliphatic heterocycles. The number of thioether (sulfide) groups is 1. The molecule has 8 heteroatoms. The van der Waals surface area contributed by atoms with Gasteiger partial charge in [0.05, 0.1) is 5.75 Å². The lowest BCUT2D eigenvalue weighted by molar-refractivity contribution is -0.132. The number of hydrogen-bond donors (Lipinski definition) is 0. The van der Waals surface area contributed by atoms with Crippen molar-refractivity contribution < 1.29 is 13.2 Å². The lowest BCUT2D eigenvalue weighted by Crippen LogP contribution is -2.49. The summed E-state index contributed by atoms with van der Waals surface area (Å²) in [5.41, 5.74) is 0. The molecule has 3 fully saturated rings. The predicted molar refractivity (Wildman–Crippen MR) is 99.6 cm³/mol. The van der Waals surface area contributed by atoms with E-state index in [9.17, 15) is 13.2 Å². The van der Waals surface area contributed by atoms with E-state index >= 15 is 0 Å². The molecule has 25 heavy (non-hydrogen) atoms. The molecule has 0 radical (unpaired) electrons. The number of carbonyl (C=O) groups excluding carboxylic acids is 1. The molecule has 4 rings (SSSR count). The second kappa shape index (κ2) is 7.65. The minimum atomic E-state index is -3.43. The van der Waals surface area contributed by atoms with E-state index in [-0.39, 0.29) is 17.9 Å². The molecule has 3 aliphatic rings. The minimum Gasteiger partial charge on any atom is -0.337 e. The van der Waals surface area contributed by atoms with Crippen LogP contribution in [-0.4, -0.2) is 73.4 Å². The number of nitrogens with zero attached hydrogens (tertiary/aromatic N) is 3. The third-order valence-electron chi connectivity index (χ3n) is 4.89. The van der Waals surface area contributed by atoms with Crippen LogP contribution in [0.3, 0.4) is 0 Å². The van der Waals surface area contributed by atoms with Gasteiger partial charge in [0.2, 0.25) is 5.91 Å². The molecule has 138 valence electrons. The first-order valence-corrected chi connectivity index (χ1v) is 10.9. The molecule has 0 aromatic heterocycles. The van der Waals surface area contributed by atoms with E-state index in [4.69, 9.17) is 0 Å². The Hall–Kier alpha value is -1.09. The van der Waals surface area contributed by atoms with Crippen LogP contribution in [0.1, 0.15) is 12.8 Å². The number of rotatable bonds is 5. The van der Waals surface area contributed by atoms with Gasteiger partial charge in [-0.25, -0.2) is 0 Å². The molecular formula is C17H25N3O3S2. The first-order chi connectivity index (χ1) is 11.9. The van der Waals surface area contributed by atoms with Gasteiger partial charge in [-0.3, -0.25) is 4.79 Å². The highest BCUT2D eigenvalue weighted by molar-refractivity contribution is 8.00. The van der Waals surface area contributed by atoms with Crippen LogP contribution in [0.25, 0.3) is 0 Å². The Bertz CT molecular complexity index is 709. The first kappa shape index (κ1) is 18.7. The van der Waals surface area contributed by atoms with Crippen LogP contribution in [0.5, 0.6) is 0 Å². The maximum absolute atomic E-state index is 12.7. The van der Waals surface area contributed by atoms with E-state index in [1.54, 1.807) is 18.4 Å². The summed E-state index contributed by atoms with van der Waals surface area (Å²) in [6, 6.07) is 9.86. The highest BCUT2D eigenvalue weighted by Crippen LogP contribution is 2.30. The van der Waals surface area contributed by atoms with Gasteiger partial charge in [-0.1, -0.05) is 18.2 Å². The SMILES string of the molecule is CN(C)S(=O)(=O)N1C[C@H]2CC[C@@H](C1)N(C(=O)CSc1ccccc1)C2. The third kappa shape index (κ3) is 4.19. The van der Waals surface area contributed by atoms with Crippen LogP contribution < -0.4 is 0 Å². The van der Waals surface area contributed by atoms with Crippen molar-refractivity contribution >= 4 is 27.9 Å². The summed E-state index contributed by atoms with van der Waals surface area (Å²) in [5, 5.41) is 0. The number of hydrogen-bond acceptors (Lipinski definition) is 4. The van der Waals surface area contributed by atoms with Crippen molar-refractivity contribution in [1.29, 1.82) is 0 Å². The number of piperidine rings is 1. The Balaban J connectivity index is 1.67. The van der Waals surface area contributed by atoms with Crippen LogP contribution in [0.2, 0.25) is 0 Å². The van der Waals surface area contributed by atoms with Gasteiger partial charge >= 0.3 is 0 Å². The van der Waals surface area contributed by atoms with Crippen molar-refractivity contribution in [3.8, 4) is 0 Å². The molecule has 1 aromatic carbocycles. The largest absolute Gasteiger partial charge is 0.337 e. The number of carbonyl (C=O) groups is 1. The lowest BCUT2D eigenvalue weighted by atomic mass is 9.95. The summed E-state index contributed by atoms with van der Waals surface area (Å²) >= 11 is 1.54. The standard InChI is InChI=1S/C17H25N3O3S2/c1-18(2)25(22,23)19-10-14-8-9-15(12-19)20(11-14)17(21)13-24-16-6-4-3-5-7-16/h3-7,14-15H,8-13H2,1-2H3/t14-,15+/m1/s1. The summed E-state index contributed by atoms with van der Waals surface area (Å²) in [5.74, 6) is 0.722. The summed E-state index contributed by atoms with van der Waals surface area (Å²) in [6.45, 7) is 1.57. The maximum Gasteiger partial charge on any atom is 0.281 e. The fourth-order valence-corrected chi connectivity index (χ4v) is 5.54. The van der Waals surface area contributed by atoms with Gasteiger partial charge in [0, 0.05) is 44.7 Å². The number of benzene rings is 1. The zero-order valence-corrected chi connectivity index (χ0v) is 16.3. The molecule has 0 saturated carbocycles. The van der Waals surface area contributed by atoms with Crippen LogP contribution >= 0.6 is 11.8 Å².